The second-order valence-electron chi connectivity index (χ2n) is 4.35. The molecule has 2 aromatic carbocycles. The Morgan fingerprint density at radius 3 is 2.50 bits per heavy atom. The highest BCUT2D eigenvalue weighted by molar-refractivity contribution is 7.78. The van der Waals surface area contributed by atoms with Crippen LogP contribution in [0, 0.1) is 6.92 Å². The number of aryl methyl sites for hydroxylation is 1. The van der Waals surface area contributed by atoms with Gasteiger partial charge >= 0.3 is 0 Å². The number of hydrogen-bond donors (Lipinski definition) is 0. The number of ether oxygens (including phenoxy) is 1. The highest BCUT2D eigenvalue weighted by Crippen LogP contribution is 2.31. The Kier molecular flexibility index (Phi) is 4.83. The first kappa shape index (κ1) is 14.2. The SMILES string of the molecule is CO/C=C(/c1ccc(C)cc1)c1ccccc1N=C=S. The lowest BCUT2D eigenvalue weighted by Crippen LogP contribution is -1.90. The molecule has 0 bridgehead atoms. The number of methoxy groups -OCH3 is 1. The molecule has 0 saturated carbocycles. The number of hydrogen-bond acceptors (Lipinski definition) is 3. The molecule has 0 aromatic heterocycles. The molecule has 0 N–H and O–H groups in total. The van der Waals surface area contributed by atoms with Gasteiger partial charge in [0.2, 0.25) is 0 Å². The normalized spacial score (nSPS) is 10.8. The van der Waals surface area contributed by atoms with Crippen LogP contribution in [0.25, 0.3) is 5.57 Å². The van der Waals surface area contributed by atoms with Gasteiger partial charge in [0.25, 0.3) is 0 Å². The summed E-state index contributed by atoms with van der Waals surface area (Å²) < 4.78 is 5.23. The van der Waals surface area contributed by atoms with Crippen LogP contribution in [0.5, 0.6) is 0 Å². The third-order valence-corrected chi connectivity index (χ3v) is 3.05. The highest BCUT2D eigenvalue weighted by atomic mass is 32.1. The fourth-order valence-corrected chi connectivity index (χ4v) is 2.08. The van der Waals surface area contributed by atoms with E-state index >= 15 is 0 Å². The average molecular weight is 281 g/mol. The second kappa shape index (κ2) is 6.80. The van der Waals surface area contributed by atoms with Crippen LogP contribution >= 0.6 is 12.2 Å². The van der Waals surface area contributed by atoms with E-state index in [0.717, 1.165) is 22.4 Å². The van der Waals surface area contributed by atoms with Gasteiger partial charge in [0.15, 0.2) is 0 Å². The van der Waals surface area contributed by atoms with Crippen molar-refractivity contribution < 1.29 is 4.74 Å². The van der Waals surface area contributed by atoms with E-state index in [0.29, 0.717) is 0 Å². The maximum atomic E-state index is 5.23. The number of benzene rings is 2. The quantitative estimate of drug-likeness (QED) is 0.457. The van der Waals surface area contributed by atoms with Gasteiger partial charge in [-0.25, -0.2) is 0 Å². The van der Waals surface area contributed by atoms with Crippen LogP contribution in [0.15, 0.2) is 59.8 Å². The van der Waals surface area contributed by atoms with Crippen LogP contribution in [-0.2, 0) is 4.74 Å². The second-order valence-corrected chi connectivity index (χ2v) is 4.54. The van der Waals surface area contributed by atoms with Gasteiger partial charge in [-0.3, -0.25) is 0 Å². The summed E-state index contributed by atoms with van der Waals surface area (Å²) in [6.45, 7) is 2.06. The molecule has 0 radical (unpaired) electrons. The van der Waals surface area contributed by atoms with Crippen LogP contribution in [0.4, 0.5) is 5.69 Å². The Hall–Kier alpha value is -2.22. The number of thiocarbonyl (C=S) groups is 1. The molecule has 0 atom stereocenters. The van der Waals surface area contributed by atoms with Crippen molar-refractivity contribution in [2.45, 2.75) is 6.92 Å². The van der Waals surface area contributed by atoms with Gasteiger partial charge in [0.05, 0.1) is 24.2 Å². The first-order valence-corrected chi connectivity index (χ1v) is 6.64. The summed E-state index contributed by atoms with van der Waals surface area (Å²) in [5.74, 6) is 0. The van der Waals surface area contributed by atoms with Crippen LogP contribution < -0.4 is 0 Å². The van der Waals surface area contributed by atoms with Crippen LogP contribution in [-0.4, -0.2) is 12.3 Å². The fraction of sp³-hybridized carbons (Fsp3) is 0.118. The zero-order valence-corrected chi connectivity index (χ0v) is 12.3. The van der Waals surface area contributed by atoms with E-state index in [2.05, 4.69) is 41.3 Å². The summed E-state index contributed by atoms with van der Waals surface area (Å²) >= 11 is 4.71. The molecule has 100 valence electrons. The first-order chi connectivity index (χ1) is 9.76. The third-order valence-electron chi connectivity index (χ3n) is 2.96. The molecule has 2 rings (SSSR count). The van der Waals surface area contributed by atoms with Crippen molar-refractivity contribution in [1.29, 1.82) is 0 Å². The summed E-state index contributed by atoms with van der Waals surface area (Å²) in [5.41, 5.74) is 5.01. The van der Waals surface area contributed by atoms with E-state index in [1.165, 1.54) is 5.56 Å². The Morgan fingerprint density at radius 2 is 1.85 bits per heavy atom. The van der Waals surface area contributed by atoms with E-state index in [9.17, 15) is 0 Å². The molecule has 0 aliphatic carbocycles. The van der Waals surface area contributed by atoms with E-state index in [-0.39, 0.29) is 0 Å². The monoisotopic (exact) mass is 281 g/mol. The molecule has 0 fully saturated rings. The molecule has 2 nitrogen and oxygen atoms in total. The maximum absolute atomic E-state index is 5.23. The van der Waals surface area contributed by atoms with Crippen molar-refractivity contribution in [3.8, 4) is 0 Å². The predicted octanol–water partition coefficient (Wildman–Crippen LogP) is 4.76. The van der Waals surface area contributed by atoms with Crippen molar-refractivity contribution >= 4 is 28.6 Å². The molecule has 0 spiro atoms. The molecule has 20 heavy (non-hydrogen) atoms. The van der Waals surface area contributed by atoms with Crippen LogP contribution in [0.2, 0.25) is 0 Å². The van der Waals surface area contributed by atoms with Crippen molar-refractivity contribution in [2.75, 3.05) is 7.11 Å². The molecule has 0 saturated heterocycles. The van der Waals surface area contributed by atoms with Crippen LogP contribution in [0.1, 0.15) is 16.7 Å². The van der Waals surface area contributed by atoms with Gasteiger partial charge < -0.3 is 4.74 Å². The smallest absolute Gasteiger partial charge is 0.0909 e. The molecule has 0 aliphatic heterocycles. The number of isothiocyanates is 1. The third kappa shape index (κ3) is 3.21. The fourth-order valence-electron chi connectivity index (χ4n) is 1.99. The minimum absolute atomic E-state index is 0.784. The van der Waals surface area contributed by atoms with Crippen molar-refractivity contribution in [2.24, 2.45) is 4.99 Å². The summed E-state index contributed by atoms with van der Waals surface area (Å²) in [6.07, 6.45) is 1.72. The Morgan fingerprint density at radius 1 is 1.15 bits per heavy atom. The largest absolute Gasteiger partial charge is 0.504 e. The number of aliphatic imine (C=N–C) groups is 1. The zero-order valence-electron chi connectivity index (χ0n) is 11.5. The van der Waals surface area contributed by atoms with E-state index in [1.54, 1.807) is 13.4 Å². The lowest BCUT2D eigenvalue weighted by molar-refractivity contribution is 0.340. The summed E-state index contributed by atoms with van der Waals surface area (Å²) in [4.78, 5) is 4.12. The molecule has 2 aromatic rings. The first-order valence-electron chi connectivity index (χ1n) is 6.23. The lowest BCUT2D eigenvalue weighted by Gasteiger charge is -2.10. The van der Waals surface area contributed by atoms with Gasteiger partial charge in [-0.2, -0.15) is 4.99 Å². The molecule has 0 unspecified atom stereocenters. The van der Waals surface area contributed by atoms with Crippen LogP contribution in [0.3, 0.4) is 0 Å². The lowest BCUT2D eigenvalue weighted by atomic mass is 9.97. The standard InChI is InChI=1S/C17H15NOS/c1-13-7-9-14(10-8-13)16(11-19-2)15-5-3-4-6-17(15)18-12-20/h3-11H,1-2H3/b16-11-. The number of nitrogens with zero attached hydrogens (tertiary/aromatic N) is 1. The molecule has 0 amide bonds. The minimum Gasteiger partial charge on any atom is -0.504 e. The molecule has 3 heteroatoms. The number of para-hydroxylation sites is 1. The average Bonchev–Trinajstić information content (AvgIpc) is 2.47. The Labute approximate surface area is 124 Å². The molecular formula is C17H15NOS. The number of rotatable bonds is 4. The summed E-state index contributed by atoms with van der Waals surface area (Å²) in [6, 6.07) is 16.1. The summed E-state index contributed by atoms with van der Waals surface area (Å²) in [5, 5.41) is 2.42. The van der Waals surface area contributed by atoms with Gasteiger partial charge in [-0.1, -0.05) is 48.0 Å². The maximum Gasteiger partial charge on any atom is 0.0909 e. The van der Waals surface area contributed by atoms with Crippen molar-refractivity contribution in [1.82, 2.24) is 0 Å². The van der Waals surface area contributed by atoms with E-state index < -0.39 is 0 Å². The van der Waals surface area contributed by atoms with E-state index in [4.69, 9.17) is 17.0 Å². The van der Waals surface area contributed by atoms with Gasteiger partial charge in [0.1, 0.15) is 0 Å². The Bertz CT molecular complexity index is 668. The highest BCUT2D eigenvalue weighted by Gasteiger charge is 2.09. The molecule has 0 aliphatic rings. The van der Waals surface area contributed by atoms with E-state index in [1.807, 2.05) is 24.3 Å². The minimum atomic E-state index is 0.784. The zero-order chi connectivity index (χ0) is 14.4. The topological polar surface area (TPSA) is 21.6 Å². The predicted molar refractivity (Wildman–Crippen MR) is 86.4 cm³/mol. The Balaban J connectivity index is 2.58. The van der Waals surface area contributed by atoms with Gasteiger partial charge in [-0.05, 0) is 30.8 Å². The van der Waals surface area contributed by atoms with Crippen molar-refractivity contribution in [3.63, 3.8) is 0 Å². The van der Waals surface area contributed by atoms with Crippen molar-refractivity contribution in [3.05, 3.63) is 71.5 Å². The van der Waals surface area contributed by atoms with Gasteiger partial charge in [0, 0.05) is 11.1 Å². The van der Waals surface area contributed by atoms with Gasteiger partial charge in [-0.15, -0.1) is 0 Å². The molecular weight excluding hydrogens is 266 g/mol. The summed E-state index contributed by atoms with van der Waals surface area (Å²) in [7, 11) is 1.64. The molecule has 0 heterocycles.